The van der Waals surface area contributed by atoms with Gasteiger partial charge in [-0.2, -0.15) is 0 Å². The van der Waals surface area contributed by atoms with E-state index in [1.54, 1.807) is 7.11 Å². The molecule has 34 heavy (non-hydrogen) atoms. The molecule has 0 fully saturated rings. The number of carbonyl (C=O) groups is 1. The SMILES string of the molecule is COCCOCCOCCOCCOCCOCCOCCOCC(=O)O[Si](C)(C)C(C)(C)C. The Bertz CT molecular complexity index is 471. The lowest BCUT2D eigenvalue weighted by Crippen LogP contribution is -2.43. The predicted molar refractivity (Wildman–Crippen MR) is 131 cm³/mol. The highest BCUT2D eigenvalue weighted by Gasteiger charge is 2.40. The average Bonchev–Trinajstić information content (AvgIpc) is 2.76. The number of rotatable bonds is 24. The highest BCUT2D eigenvalue weighted by molar-refractivity contribution is 6.75. The van der Waals surface area contributed by atoms with Crippen LogP contribution in [0.3, 0.4) is 0 Å². The van der Waals surface area contributed by atoms with Gasteiger partial charge < -0.3 is 42.3 Å². The maximum absolute atomic E-state index is 11.9. The maximum atomic E-state index is 11.9. The van der Waals surface area contributed by atoms with Crippen molar-refractivity contribution < 1.29 is 47.1 Å². The van der Waals surface area contributed by atoms with Crippen LogP contribution in [0.4, 0.5) is 0 Å². The van der Waals surface area contributed by atoms with Crippen molar-refractivity contribution >= 4 is 14.3 Å². The Morgan fingerprint density at radius 1 is 0.559 bits per heavy atom. The van der Waals surface area contributed by atoms with Crippen molar-refractivity contribution in [3.63, 3.8) is 0 Å². The van der Waals surface area contributed by atoms with E-state index in [0.717, 1.165) is 0 Å². The second-order valence-corrected chi connectivity index (χ2v) is 13.7. The van der Waals surface area contributed by atoms with E-state index >= 15 is 0 Å². The summed E-state index contributed by atoms with van der Waals surface area (Å²) in [5.41, 5.74) is 0. The summed E-state index contributed by atoms with van der Waals surface area (Å²) in [6.45, 7) is 17.3. The minimum Gasteiger partial charge on any atom is -0.517 e. The largest absolute Gasteiger partial charge is 0.517 e. The smallest absolute Gasteiger partial charge is 0.318 e. The molecule has 0 aromatic heterocycles. The van der Waals surface area contributed by atoms with Crippen LogP contribution in [0.15, 0.2) is 0 Å². The highest BCUT2D eigenvalue weighted by Crippen LogP contribution is 2.36. The van der Waals surface area contributed by atoms with Gasteiger partial charge in [0.2, 0.25) is 0 Å². The van der Waals surface area contributed by atoms with E-state index in [1.165, 1.54) is 0 Å². The standard InChI is InChI=1S/C23H48O10Si/c1-23(2,3)34(5,6)33-22(24)21-32-20-19-31-18-17-30-16-15-29-14-13-28-12-11-27-10-9-26-8-7-25-4/h7-21H2,1-6H3. The Balaban J connectivity index is 3.25. The quantitative estimate of drug-likeness (QED) is 0.141. The Hall–Kier alpha value is -0.633. The summed E-state index contributed by atoms with van der Waals surface area (Å²) >= 11 is 0. The van der Waals surface area contributed by atoms with E-state index < -0.39 is 8.32 Å². The first-order chi connectivity index (χ1) is 16.2. The minimum atomic E-state index is -2.09. The molecule has 0 aliphatic heterocycles. The second kappa shape index (κ2) is 21.6. The van der Waals surface area contributed by atoms with Crippen LogP contribution >= 0.6 is 0 Å². The molecule has 10 nitrogen and oxygen atoms in total. The summed E-state index contributed by atoms with van der Waals surface area (Å²) in [4.78, 5) is 11.9. The van der Waals surface area contributed by atoms with Crippen LogP contribution < -0.4 is 0 Å². The van der Waals surface area contributed by atoms with Crippen LogP contribution in [-0.4, -0.2) is 120 Å². The van der Waals surface area contributed by atoms with Gasteiger partial charge in [-0.05, 0) is 18.1 Å². The lowest BCUT2D eigenvalue weighted by Gasteiger charge is -2.35. The zero-order chi connectivity index (χ0) is 25.5. The summed E-state index contributed by atoms with van der Waals surface area (Å²) < 4.78 is 48.2. The predicted octanol–water partition coefficient (Wildman–Crippen LogP) is 2.30. The summed E-state index contributed by atoms with van der Waals surface area (Å²) in [6.07, 6.45) is 0. The fourth-order valence-corrected chi connectivity index (χ4v) is 3.02. The number of ether oxygens (including phenoxy) is 8. The van der Waals surface area contributed by atoms with E-state index in [0.29, 0.717) is 92.5 Å². The van der Waals surface area contributed by atoms with Gasteiger partial charge in [-0.25, -0.2) is 0 Å². The average molecular weight is 513 g/mol. The number of carbonyl (C=O) groups excluding carboxylic acids is 1. The summed E-state index contributed by atoms with van der Waals surface area (Å²) in [7, 11) is -0.451. The van der Waals surface area contributed by atoms with E-state index in [4.69, 9.17) is 42.3 Å². The number of hydrogen-bond acceptors (Lipinski definition) is 10. The fourth-order valence-electron chi connectivity index (χ4n) is 2.08. The molecule has 0 aromatic carbocycles. The molecular weight excluding hydrogens is 464 g/mol. The second-order valence-electron chi connectivity index (χ2n) is 8.95. The van der Waals surface area contributed by atoms with Crippen molar-refractivity contribution in [1.82, 2.24) is 0 Å². The van der Waals surface area contributed by atoms with Gasteiger partial charge in [0.25, 0.3) is 8.32 Å². The Labute approximate surface area is 206 Å². The topological polar surface area (TPSA) is 100 Å². The van der Waals surface area contributed by atoms with Gasteiger partial charge in [0.05, 0.1) is 92.5 Å². The Morgan fingerprint density at radius 3 is 1.15 bits per heavy atom. The molecule has 0 saturated heterocycles. The summed E-state index contributed by atoms with van der Waals surface area (Å²) in [6, 6.07) is 0. The monoisotopic (exact) mass is 512 g/mol. The van der Waals surface area contributed by atoms with Gasteiger partial charge in [-0.1, -0.05) is 20.8 Å². The molecule has 0 spiro atoms. The molecule has 0 N–H and O–H groups in total. The van der Waals surface area contributed by atoms with Gasteiger partial charge >= 0.3 is 5.97 Å². The molecule has 0 aromatic rings. The van der Waals surface area contributed by atoms with E-state index in [-0.39, 0.29) is 17.6 Å². The van der Waals surface area contributed by atoms with Crippen molar-refractivity contribution in [2.24, 2.45) is 0 Å². The molecule has 11 heteroatoms. The Kier molecular flexibility index (Phi) is 21.2. The first kappa shape index (κ1) is 33.4. The molecule has 0 amide bonds. The molecule has 0 bridgehead atoms. The molecule has 0 heterocycles. The highest BCUT2D eigenvalue weighted by atomic mass is 28.4. The first-order valence-electron chi connectivity index (χ1n) is 12.0. The van der Waals surface area contributed by atoms with Crippen LogP contribution in [0.25, 0.3) is 0 Å². The van der Waals surface area contributed by atoms with E-state index in [2.05, 4.69) is 20.8 Å². The number of methoxy groups -OCH3 is 1. The summed E-state index contributed by atoms with van der Waals surface area (Å²) in [5, 5.41) is -0.0135. The molecule has 0 aliphatic carbocycles. The molecule has 0 saturated carbocycles. The lowest BCUT2D eigenvalue weighted by molar-refractivity contribution is -0.141. The molecule has 0 rings (SSSR count). The lowest BCUT2D eigenvalue weighted by atomic mass is 10.2. The molecule has 0 radical (unpaired) electrons. The maximum Gasteiger partial charge on any atom is 0.318 e. The van der Waals surface area contributed by atoms with Gasteiger partial charge in [-0.15, -0.1) is 0 Å². The number of hydrogen-bond donors (Lipinski definition) is 0. The third-order valence-electron chi connectivity index (χ3n) is 5.06. The summed E-state index contributed by atoms with van der Waals surface area (Å²) in [5.74, 6) is -0.312. The van der Waals surface area contributed by atoms with Crippen LogP contribution in [0, 0.1) is 0 Å². The van der Waals surface area contributed by atoms with Gasteiger partial charge in [0, 0.05) is 7.11 Å². The zero-order valence-electron chi connectivity index (χ0n) is 22.2. The minimum absolute atomic E-state index is 0.0135. The van der Waals surface area contributed by atoms with E-state index in [9.17, 15) is 4.79 Å². The van der Waals surface area contributed by atoms with Gasteiger partial charge in [0.1, 0.15) is 6.61 Å². The fraction of sp³-hybridized carbons (Fsp3) is 0.957. The molecule has 0 unspecified atom stereocenters. The van der Waals surface area contributed by atoms with Crippen molar-refractivity contribution in [3.8, 4) is 0 Å². The molecule has 0 atom stereocenters. The molecule has 204 valence electrons. The van der Waals surface area contributed by atoms with E-state index in [1.807, 2.05) is 13.1 Å². The van der Waals surface area contributed by atoms with Gasteiger partial charge in [-0.3, -0.25) is 4.79 Å². The normalized spacial score (nSPS) is 12.3. The molecular formula is C23H48O10Si. The van der Waals surface area contributed by atoms with Crippen molar-refractivity contribution in [3.05, 3.63) is 0 Å². The molecule has 0 aliphatic rings. The van der Waals surface area contributed by atoms with Gasteiger partial charge in [0.15, 0.2) is 0 Å². The van der Waals surface area contributed by atoms with Crippen molar-refractivity contribution in [1.29, 1.82) is 0 Å². The zero-order valence-corrected chi connectivity index (χ0v) is 23.2. The third-order valence-corrected chi connectivity index (χ3v) is 9.41. The van der Waals surface area contributed by atoms with Crippen LogP contribution in [0.1, 0.15) is 20.8 Å². The van der Waals surface area contributed by atoms with Crippen LogP contribution in [-0.2, 0) is 47.1 Å². The van der Waals surface area contributed by atoms with Crippen molar-refractivity contribution in [2.75, 3.05) is 106 Å². The third kappa shape index (κ3) is 20.7. The van der Waals surface area contributed by atoms with Crippen LogP contribution in [0.5, 0.6) is 0 Å². The van der Waals surface area contributed by atoms with Crippen LogP contribution in [0.2, 0.25) is 18.1 Å². The Morgan fingerprint density at radius 2 is 0.853 bits per heavy atom. The van der Waals surface area contributed by atoms with Crippen molar-refractivity contribution in [2.45, 2.75) is 38.9 Å². The first-order valence-corrected chi connectivity index (χ1v) is 14.9.